The van der Waals surface area contributed by atoms with E-state index in [1.165, 1.54) is 6.08 Å². The van der Waals surface area contributed by atoms with Crippen LogP contribution in [0, 0.1) is 0 Å². The number of fused-ring (bicyclic) bond motifs is 1. The molecule has 1 aliphatic heterocycles. The summed E-state index contributed by atoms with van der Waals surface area (Å²) in [6.45, 7) is 4.41. The molecule has 1 aromatic carbocycles. The molecular weight excluding hydrogens is 238 g/mol. The molecule has 1 heterocycles. The molecule has 92 valence electrons. The average Bonchev–Trinajstić information content (AvgIpc) is 2.36. The topological polar surface area (TPSA) is 55.4 Å². The van der Waals surface area contributed by atoms with Crippen LogP contribution in [0.4, 0.5) is 0 Å². The van der Waals surface area contributed by atoms with Gasteiger partial charge in [0, 0.05) is 6.54 Å². The third-order valence-corrected chi connectivity index (χ3v) is 4.03. The highest BCUT2D eigenvalue weighted by atomic mass is 32.2. The summed E-state index contributed by atoms with van der Waals surface area (Å²) >= 11 is 0. The summed E-state index contributed by atoms with van der Waals surface area (Å²) in [7, 11) is -3.43. The molecule has 5 heteroatoms. The number of ether oxygens (including phenoxy) is 1. The third kappa shape index (κ3) is 2.68. The summed E-state index contributed by atoms with van der Waals surface area (Å²) in [5.41, 5.74) is 0.956. The van der Waals surface area contributed by atoms with E-state index in [-0.39, 0.29) is 11.4 Å². The lowest BCUT2D eigenvalue weighted by atomic mass is 10.1. The monoisotopic (exact) mass is 253 g/mol. The minimum Gasteiger partial charge on any atom is -0.493 e. The SMILES string of the molecule is C=CCNS(=O)(=O)c1ccc2c(c1)CCCO2. The van der Waals surface area contributed by atoms with Crippen LogP contribution in [0.5, 0.6) is 5.75 Å². The molecule has 0 saturated heterocycles. The fourth-order valence-electron chi connectivity index (χ4n) is 1.76. The maximum absolute atomic E-state index is 11.9. The van der Waals surface area contributed by atoms with Gasteiger partial charge in [0.05, 0.1) is 11.5 Å². The van der Waals surface area contributed by atoms with Gasteiger partial charge in [-0.2, -0.15) is 0 Å². The van der Waals surface area contributed by atoms with E-state index < -0.39 is 10.0 Å². The summed E-state index contributed by atoms with van der Waals surface area (Å²) in [5.74, 6) is 0.791. The fourth-order valence-corrected chi connectivity index (χ4v) is 2.80. The van der Waals surface area contributed by atoms with Gasteiger partial charge in [0.25, 0.3) is 0 Å². The number of hydrogen-bond donors (Lipinski definition) is 1. The van der Waals surface area contributed by atoms with Gasteiger partial charge in [0.1, 0.15) is 5.75 Å². The van der Waals surface area contributed by atoms with E-state index in [1.807, 2.05) is 0 Å². The van der Waals surface area contributed by atoms with E-state index in [2.05, 4.69) is 11.3 Å². The highest BCUT2D eigenvalue weighted by Crippen LogP contribution is 2.27. The number of hydrogen-bond acceptors (Lipinski definition) is 3. The van der Waals surface area contributed by atoms with Gasteiger partial charge in [-0.15, -0.1) is 6.58 Å². The number of benzene rings is 1. The number of rotatable bonds is 4. The Morgan fingerprint density at radius 1 is 1.47 bits per heavy atom. The Morgan fingerprint density at radius 3 is 3.06 bits per heavy atom. The normalized spacial score (nSPS) is 14.8. The Hall–Kier alpha value is -1.33. The molecule has 2 rings (SSSR count). The molecule has 0 aliphatic carbocycles. The van der Waals surface area contributed by atoms with E-state index in [4.69, 9.17) is 4.74 Å². The van der Waals surface area contributed by atoms with Crippen LogP contribution in [0.3, 0.4) is 0 Å². The van der Waals surface area contributed by atoms with Gasteiger partial charge >= 0.3 is 0 Å². The number of sulfonamides is 1. The maximum atomic E-state index is 11.9. The lowest BCUT2D eigenvalue weighted by molar-refractivity contribution is 0.288. The van der Waals surface area contributed by atoms with Crippen molar-refractivity contribution in [3.8, 4) is 5.75 Å². The van der Waals surface area contributed by atoms with Crippen molar-refractivity contribution in [1.29, 1.82) is 0 Å². The zero-order chi connectivity index (χ0) is 12.3. The first kappa shape index (κ1) is 12.1. The summed E-state index contributed by atoms with van der Waals surface area (Å²) in [4.78, 5) is 0.281. The molecule has 17 heavy (non-hydrogen) atoms. The van der Waals surface area contributed by atoms with Crippen LogP contribution in [0.2, 0.25) is 0 Å². The van der Waals surface area contributed by atoms with Gasteiger partial charge in [0.2, 0.25) is 10.0 Å². The third-order valence-electron chi connectivity index (χ3n) is 2.61. The van der Waals surface area contributed by atoms with E-state index >= 15 is 0 Å². The minimum absolute atomic E-state index is 0.232. The van der Waals surface area contributed by atoms with Crippen molar-refractivity contribution in [2.24, 2.45) is 0 Å². The lowest BCUT2D eigenvalue weighted by Crippen LogP contribution is -2.24. The molecule has 4 nitrogen and oxygen atoms in total. The van der Waals surface area contributed by atoms with Crippen LogP contribution in [0.25, 0.3) is 0 Å². The number of aryl methyl sites for hydroxylation is 1. The Bertz CT molecular complexity index is 523. The predicted molar refractivity (Wildman–Crippen MR) is 65.6 cm³/mol. The van der Waals surface area contributed by atoms with Gasteiger partial charge in [0.15, 0.2) is 0 Å². The smallest absolute Gasteiger partial charge is 0.240 e. The average molecular weight is 253 g/mol. The van der Waals surface area contributed by atoms with Crippen LogP contribution >= 0.6 is 0 Å². The van der Waals surface area contributed by atoms with Gasteiger partial charge in [-0.1, -0.05) is 6.08 Å². The Morgan fingerprint density at radius 2 is 2.29 bits per heavy atom. The summed E-state index contributed by atoms with van der Waals surface area (Å²) in [5, 5.41) is 0. The van der Waals surface area contributed by atoms with Crippen molar-refractivity contribution in [2.45, 2.75) is 17.7 Å². The van der Waals surface area contributed by atoms with Crippen molar-refractivity contribution in [3.63, 3.8) is 0 Å². The van der Waals surface area contributed by atoms with Crippen molar-refractivity contribution >= 4 is 10.0 Å². The van der Waals surface area contributed by atoms with Crippen molar-refractivity contribution in [2.75, 3.05) is 13.2 Å². The maximum Gasteiger partial charge on any atom is 0.240 e. The van der Waals surface area contributed by atoms with Crippen molar-refractivity contribution in [3.05, 3.63) is 36.4 Å². The quantitative estimate of drug-likeness (QED) is 0.827. The van der Waals surface area contributed by atoms with Crippen LogP contribution < -0.4 is 9.46 Å². The highest BCUT2D eigenvalue weighted by molar-refractivity contribution is 7.89. The first-order valence-electron chi connectivity index (χ1n) is 5.50. The molecule has 1 aromatic rings. The van der Waals surface area contributed by atoms with Crippen LogP contribution in [-0.2, 0) is 16.4 Å². The van der Waals surface area contributed by atoms with Crippen LogP contribution in [-0.4, -0.2) is 21.6 Å². The Balaban J connectivity index is 2.30. The molecule has 0 saturated carbocycles. The van der Waals surface area contributed by atoms with Gasteiger partial charge in [-0.05, 0) is 36.6 Å². The molecule has 0 spiro atoms. The second-order valence-electron chi connectivity index (χ2n) is 3.86. The van der Waals surface area contributed by atoms with E-state index in [1.54, 1.807) is 18.2 Å². The minimum atomic E-state index is -3.43. The molecule has 0 unspecified atom stereocenters. The predicted octanol–water partition coefficient (Wildman–Crippen LogP) is 1.48. The van der Waals surface area contributed by atoms with Crippen LogP contribution in [0.1, 0.15) is 12.0 Å². The van der Waals surface area contributed by atoms with E-state index in [9.17, 15) is 8.42 Å². The molecule has 0 atom stereocenters. The summed E-state index contributed by atoms with van der Waals surface area (Å²) in [6, 6.07) is 4.96. The highest BCUT2D eigenvalue weighted by Gasteiger charge is 2.17. The Kier molecular flexibility index (Phi) is 3.49. The second kappa shape index (κ2) is 4.89. The largest absolute Gasteiger partial charge is 0.493 e. The lowest BCUT2D eigenvalue weighted by Gasteiger charge is -2.17. The number of nitrogens with one attached hydrogen (secondary N) is 1. The van der Waals surface area contributed by atoms with E-state index in [0.717, 1.165) is 24.2 Å². The molecule has 0 amide bonds. The van der Waals surface area contributed by atoms with Gasteiger partial charge in [-0.3, -0.25) is 0 Å². The first-order chi connectivity index (χ1) is 8.13. The molecule has 0 fully saturated rings. The van der Waals surface area contributed by atoms with Crippen LogP contribution in [0.15, 0.2) is 35.7 Å². The first-order valence-corrected chi connectivity index (χ1v) is 6.98. The molecule has 1 N–H and O–H groups in total. The second-order valence-corrected chi connectivity index (χ2v) is 5.63. The standard InChI is InChI=1S/C12H15NO3S/c1-2-7-13-17(14,15)11-5-6-12-10(9-11)4-3-8-16-12/h2,5-6,9,13H,1,3-4,7-8H2. The molecular formula is C12H15NO3S. The summed E-state index contributed by atoms with van der Waals surface area (Å²) in [6.07, 6.45) is 3.30. The van der Waals surface area contributed by atoms with Gasteiger partial charge < -0.3 is 4.74 Å². The molecule has 0 bridgehead atoms. The fraction of sp³-hybridized carbons (Fsp3) is 0.333. The molecule has 0 radical (unpaired) electrons. The van der Waals surface area contributed by atoms with Gasteiger partial charge in [-0.25, -0.2) is 13.1 Å². The Labute approximate surface area is 101 Å². The zero-order valence-corrected chi connectivity index (χ0v) is 10.3. The van der Waals surface area contributed by atoms with Crippen molar-refractivity contribution in [1.82, 2.24) is 4.72 Å². The molecule has 1 aliphatic rings. The molecule has 0 aromatic heterocycles. The summed E-state index contributed by atoms with van der Waals surface area (Å²) < 4.78 is 31.6. The van der Waals surface area contributed by atoms with E-state index in [0.29, 0.717) is 6.61 Å². The zero-order valence-electron chi connectivity index (χ0n) is 9.48. The van der Waals surface area contributed by atoms with Crippen molar-refractivity contribution < 1.29 is 13.2 Å².